The van der Waals surface area contributed by atoms with Crippen LogP contribution in [0.15, 0.2) is 79.0 Å². The van der Waals surface area contributed by atoms with Gasteiger partial charge < -0.3 is 9.84 Å². The van der Waals surface area contributed by atoms with Gasteiger partial charge in [-0.15, -0.1) is 0 Å². The van der Waals surface area contributed by atoms with Gasteiger partial charge in [0, 0.05) is 11.8 Å². The summed E-state index contributed by atoms with van der Waals surface area (Å²) in [5.41, 5.74) is 1.39. The number of ether oxygens (including phenoxy) is 1. The van der Waals surface area contributed by atoms with E-state index in [0.29, 0.717) is 5.75 Å². The van der Waals surface area contributed by atoms with Crippen molar-refractivity contribution >= 4 is 0 Å². The van der Waals surface area contributed by atoms with E-state index < -0.39 is 5.60 Å². The molecule has 0 unspecified atom stereocenters. The molecule has 0 bridgehead atoms. The summed E-state index contributed by atoms with van der Waals surface area (Å²) in [6, 6.07) is 23.3. The molecule has 0 amide bonds. The normalized spacial score (nSPS) is 14.6. The fourth-order valence-corrected chi connectivity index (χ4v) is 3.19. The highest BCUT2D eigenvalue weighted by Crippen LogP contribution is 2.43. The lowest BCUT2D eigenvalue weighted by Gasteiger charge is -2.34. The fraction of sp³-hybridized carbons (Fsp3) is 0.190. The third-order valence-electron chi connectivity index (χ3n) is 4.33. The van der Waals surface area contributed by atoms with Crippen molar-refractivity contribution in [2.45, 2.75) is 18.4 Å². The number of nitrogens with zero attached hydrogens (tertiary/aromatic N) is 1. The highest BCUT2D eigenvalue weighted by Gasteiger charge is 2.38. The minimum absolute atomic E-state index is 0.309. The molecule has 0 aliphatic rings. The average molecular weight is 319 g/mol. The highest BCUT2D eigenvalue weighted by atomic mass is 16.5. The predicted octanol–water partition coefficient (Wildman–Crippen LogP) is 4.13. The number of para-hydroxylation sites is 1. The lowest BCUT2D eigenvalue weighted by molar-refractivity contribution is 0.0356. The van der Waals surface area contributed by atoms with Gasteiger partial charge in [0.2, 0.25) is 0 Å². The average Bonchev–Trinajstić information content (AvgIpc) is 2.63. The molecule has 24 heavy (non-hydrogen) atoms. The molecule has 0 saturated heterocycles. The van der Waals surface area contributed by atoms with Gasteiger partial charge in [0.15, 0.2) is 0 Å². The van der Waals surface area contributed by atoms with Crippen LogP contribution in [0, 0.1) is 0 Å². The molecule has 0 radical (unpaired) electrons. The quantitative estimate of drug-likeness (QED) is 0.769. The summed E-state index contributed by atoms with van der Waals surface area (Å²) < 4.78 is 5.47. The molecular weight excluding hydrogens is 298 g/mol. The maximum atomic E-state index is 11.5. The van der Waals surface area contributed by atoms with E-state index in [-0.39, 0.29) is 5.92 Å². The van der Waals surface area contributed by atoms with Crippen molar-refractivity contribution in [3.8, 4) is 5.75 Å². The summed E-state index contributed by atoms with van der Waals surface area (Å²) in [7, 11) is 1.62. The maximum absolute atomic E-state index is 11.5. The first-order valence-electron chi connectivity index (χ1n) is 7.96. The smallest absolute Gasteiger partial charge is 0.124 e. The number of benzene rings is 2. The molecule has 3 heteroatoms. The molecule has 122 valence electrons. The maximum Gasteiger partial charge on any atom is 0.124 e. The summed E-state index contributed by atoms with van der Waals surface area (Å²) in [5.74, 6) is 0.357. The standard InChI is InChI=1S/C21H21NO2/c1-21(23,17-12-6-7-14-19(17)24-2)20(16-10-4-3-5-11-16)18-13-8-9-15-22-18/h3-15,20,23H,1-2H3/t20-,21+/m1/s1. The molecule has 3 nitrogen and oxygen atoms in total. The van der Waals surface area contributed by atoms with Crippen molar-refractivity contribution in [2.75, 3.05) is 7.11 Å². The Labute approximate surface area is 142 Å². The summed E-state index contributed by atoms with van der Waals surface area (Å²) in [6.45, 7) is 1.82. The molecule has 3 rings (SSSR count). The molecular formula is C21H21NO2. The fourth-order valence-electron chi connectivity index (χ4n) is 3.19. The summed E-state index contributed by atoms with van der Waals surface area (Å²) in [5, 5.41) is 11.5. The topological polar surface area (TPSA) is 42.4 Å². The third kappa shape index (κ3) is 3.03. The van der Waals surface area contributed by atoms with Crippen molar-refractivity contribution in [1.29, 1.82) is 0 Å². The lowest BCUT2D eigenvalue weighted by atomic mass is 9.76. The van der Waals surface area contributed by atoms with Crippen LogP contribution >= 0.6 is 0 Å². The van der Waals surface area contributed by atoms with Gasteiger partial charge in [0.1, 0.15) is 11.4 Å². The second kappa shape index (κ2) is 6.85. The van der Waals surface area contributed by atoms with Crippen LogP contribution in [0.4, 0.5) is 0 Å². The highest BCUT2D eigenvalue weighted by molar-refractivity contribution is 5.43. The molecule has 0 spiro atoms. The minimum atomic E-state index is -1.18. The van der Waals surface area contributed by atoms with Gasteiger partial charge in [-0.3, -0.25) is 4.98 Å². The SMILES string of the molecule is COc1ccccc1[C@](C)(O)[C@H](c1ccccc1)c1ccccn1. The van der Waals surface area contributed by atoms with Crippen molar-refractivity contribution in [2.24, 2.45) is 0 Å². The van der Waals surface area contributed by atoms with E-state index in [2.05, 4.69) is 4.98 Å². The van der Waals surface area contributed by atoms with Crippen LogP contribution < -0.4 is 4.74 Å². The first-order valence-corrected chi connectivity index (χ1v) is 7.96. The van der Waals surface area contributed by atoms with Gasteiger partial charge in [-0.1, -0.05) is 54.6 Å². The van der Waals surface area contributed by atoms with E-state index in [0.717, 1.165) is 16.8 Å². The number of hydrogen-bond acceptors (Lipinski definition) is 3. The summed E-state index contributed by atoms with van der Waals surface area (Å²) >= 11 is 0. The van der Waals surface area contributed by atoms with E-state index >= 15 is 0 Å². The predicted molar refractivity (Wildman–Crippen MR) is 95.1 cm³/mol. The monoisotopic (exact) mass is 319 g/mol. The molecule has 0 saturated carbocycles. The van der Waals surface area contributed by atoms with Crippen molar-refractivity contribution < 1.29 is 9.84 Å². The number of rotatable bonds is 5. The van der Waals surface area contributed by atoms with Crippen LogP contribution in [0.1, 0.15) is 29.7 Å². The summed E-state index contributed by atoms with van der Waals surface area (Å²) in [4.78, 5) is 4.50. The first kappa shape index (κ1) is 16.2. The number of pyridine rings is 1. The lowest BCUT2D eigenvalue weighted by Crippen LogP contribution is -2.32. The van der Waals surface area contributed by atoms with Gasteiger partial charge in [-0.2, -0.15) is 0 Å². The van der Waals surface area contributed by atoms with Gasteiger partial charge in [0.25, 0.3) is 0 Å². The Morgan fingerprint density at radius 1 is 0.917 bits per heavy atom. The van der Waals surface area contributed by atoms with Crippen molar-refractivity contribution in [1.82, 2.24) is 4.98 Å². The van der Waals surface area contributed by atoms with Gasteiger partial charge in [-0.25, -0.2) is 0 Å². The molecule has 3 aromatic rings. The van der Waals surface area contributed by atoms with E-state index in [9.17, 15) is 5.11 Å². The number of hydrogen-bond donors (Lipinski definition) is 1. The zero-order valence-electron chi connectivity index (χ0n) is 13.9. The molecule has 2 aromatic carbocycles. The van der Waals surface area contributed by atoms with E-state index in [4.69, 9.17) is 4.74 Å². The summed E-state index contributed by atoms with van der Waals surface area (Å²) in [6.07, 6.45) is 1.75. The zero-order valence-corrected chi connectivity index (χ0v) is 13.9. The van der Waals surface area contributed by atoms with E-state index in [1.54, 1.807) is 13.3 Å². The molecule has 1 aromatic heterocycles. The zero-order chi connectivity index (χ0) is 17.0. The Hall–Kier alpha value is -2.65. The van der Waals surface area contributed by atoms with Gasteiger partial charge in [0.05, 0.1) is 18.7 Å². The Bertz CT molecular complexity index is 746. The first-order chi connectivity index (χ1) is 11.6. The van der Waals surface area contributed by atoms with Crippen LogP contribution in [0.3, 0.4) is 0 Å². The number of aromatic nitrogens is 1. The molecule has 1 N–H and O–H groups in total. The molecule has 0 aliphatic carbocycles. The van der Waals surface area contributed by atoms with Crippen LogP contribution in [-0.4, -0.2) is 17.2 Å². The van der Waals surface area contributed by atoms with Crippen LogP contribution in [0.25, 0.3) is 0 Å². The van der Waals surface area contributed by atoms with Gasteiger partial charge >= 0.3 is 0 Å². The van der Waals surface area contributed by atoms with E-state index in [1.807, 2.05) is 79.7 Å². The Kier molecular flexibility index (Phi) is 4.63. The van der Waals surface area contributed by atoms with Crippen LogP contribution in [0.5, 0.6) is 5.75 Å². The number of aliphatic hydroxyl groups is 1. The molecule has 0 fully saturated rings. The van der Waals surface area contributed by atoms with Crippen molar-refractivity contribution in [3.05, 3.63) is 95.8 Å². The Morgan fingerprint density at radius 2 is 1.58 bits per heavy atom. The van der Waals surface area contributed by atoms with Crippen LogP contribution in [0.2, 0.25) is 0 Å². The third-order valence-corrected chi connectivity index (χ3v) is 4.33. The molecule has 1 heterocycles. The van der Waals surface area contributed by atoms with E-state index in [1.165, 1.54) is 0 Å². The Morgan fingerprint density at radius 3 is 2.25 bits per heavy atom. The second-order valence-corrected chi connectivity index (χ2v) is 5.95. The molecule has 0 aliphatic heterocycles. The second-order valence-electron chi connectivity index (χ2n) is 5.95. The molecule has 2 atom stereocenters. The minimum Gasteiger partial charge on any atom is -0.496 e. The van der Waals surface area contributed by atoms with Crippen LogP contribution in [-0.2, 0) is 5.60 Å². The number of methoxy groups -OCH3 is 1. The van der Waals surface area contributed by atoms with Crippen molar-refractivity contribution in [3.63, 3.8) is 0 Å². The van der Waals surface area contributed by atoms with Gasteiger partial charge in [-0.05, 0) is 30.7 Å². The Balaban J connectivity index is 2.18. The largest absolute Gasteiger partial charge is 0.496 e.